The molecule has 0 aliphatic carbocycles. The molecule has 0 spiro atoms. The summed E-state index contributed by atoms with van der Waals surface area (Å²) in [7, 11) is 1.76. The second-order valence-electron chi connectivity index (χ2n) is 5.99. The number of fused-ring (bicyclic) bond motifs is 1. The van der Waals surface area contributed by atoms with E-state index in [0.717, 1.165) is 37.5 Å². The summed E-state index contributed by atoms with van der Waals surface area (Å²) in [4.78, 5) is 13.9. The van der Waals surface area contributed by atoms with E-state index in [4.69, 9.17) is 16.3 Å². The maximum Gasteiger partial charge on any atom is 0.260 e. The topological polar surface area (TPSA) is 60.2 Å². The smallest absolute Gasteiger partial charge is 0.260 e. The molecule has 0 atom stereocenters. The first-order valence-corrected chi connectivity index (χ1v) is 8.54. The van der Waals surface area contributed by atoms with E-state index in [2.05, 4.69) is 14.8 Å². The molecule has 0 saturated carbocycles. The lowest BCUT2D eigenvalue weighted by Gasteiger charge is -2.17. The van der Waals surface area contributed by atoms with Gasteiger partial charge in [0.05, 0.1) is 6.54 Å². The Morgan fingerprint density at radius 3 is 2.83 bits per heavy atom. The largest absolute Gasteiger partial charge is 0.484 e. The van der Waals surface area contributed by atoms with E-state index in [1.54, 1.807) is 36.2 Å². The van der Waals surface area contributed by atoms with Crippen LogP contribution in [0.5, 0.6) is 5.75 Å². The van der Waals surface area contributed by atoms with Gasteiger partial charge in [-0.15, -0.1) is 10.2 Å². The summed E-state index contributed by atoms with van der Waals surface area (Å²) in [5.74, 6) is 2.39. The Balaban J connectivity index is 1.56. The van der Waals surface area contributed by atoms with E-state index < -0.39 is 0 Å². The van der Waals surface area contributed by atoms with Gasteiger partial charge in [-0.3, -0.25) is 4.79 Å². The number of ether oxygens (including phenoxy) is 1. The fourth-order valence-electron chi connectivity index (χ4n) is 2.75. The number of aromatic nitrogens is 3. The lowest BCUT2D eigenvalue weighted by Crippen LogP contribution is -2.32. The third kappa shape index (κ3) is 4.06. The molecule has 1 aromatic carbocycles. The van der Waals surface area contributed by atoms with Crippen LogP contribution in [0.1, 0.15) is 30.9 Å². The molecule has 0 bridgehead atoms. The summed E-state index contributed by atoms with van der Waals surface area (Å²) in [5.41, 5.74) is 0. The van der Waals surface area contributed by atoms with Gasteiger partial charge in [-0.1, -0.05) is 18.0 Å². The minimum absolute atomic E-state index is 0.0148. The molecule has 2 heterocycles. The maximum absolute atomic E-state index is 12.3. The standard InChI is InChI=1S/C17H21ClN4O2/c1-21(17(23)12-24-14-8-6-13(18)7-9-14)11-16-20-19-15-5-3-2-4-10-22(15)16/h6-9H,2-5,10-12H2,1H3. The van der Waals surface area contributed by atoms with Crippen molar-refractivity contribution in [3.05, 3.63) is 40.9 Å². The molecule has 0 fully saturated rings. The zero-order valence-electron chi connectivity index (χ0n) is 13.7. The van der Waals surface area contributed by atoms with Crippen molar-refractivity contribution in [2.45, 2.75) is 38.8 Å². The predicted octanol–water partition coefficient (Wildman–Crippen LogP) is 2.70. The highest BCUT2D eigenvalue weighted by atomic mass is 35.5. The molecule has 0 radical (unpaired) electrons. The van der Waals surface area contributed by atoms with Crippen LogP contribution in [0.2, 0.25) is 5.02 Å². The highest BCUT2D eigenvalue weighted by Gasteiger charge is 2.18. The van der Waals surface area contributed by atoms with E-state index in [1.807, 2.05) is 0 Å². The Morgan fingerprint density at radius 1 is 1.25 bits per heavy atom. The highest BCUT2D eigenvalue weighted by molar-refractivity contribution is 6.30. The summed E-state index contributed by atoms with van der Waals surface area (Å²) in [6.07, 6.45) is 4.47. The average molecular weight is 349 g/mol. The molecule has 1 aromatic heterocycles. The second kappa shape index (κ2) is 7.66. The third-order valence-corrected chi connectivity index (χ3v) is 4.42. The van der Waals surface area contributed by atoms with Crippen molar-refractivity contribution in [2.24, 2.45) is 0 Å². The molecule has 6 nitrogen and oxygen atoms in total. The molecule has 1 aliphatic heterocycles. The number of benzene rings is 1. The minimum Gasteiger partial charge on any atom is -0.484 e. The minimum atomic E-state index is -0.101. The molecule has 0 N–H and O–H groups in total. The number of hydrogen-bond acceptors (Lipinski definition) is 4. The molecule has 7 heteroatoms. The molecule has 2 aromatic rings. The van der Waals surface area contributed by atoms with Gasteiger partial charge >= 0.3 is 0 Å². The fourth-order valence-corrected chi connectivity index (χ4v) is 2.87. The van der Waals surface area contributed by atoms with Crippen LogP contribution < -0.4 is 4.74 Å². The van der Waals surface area contributed by atoms with Crippen molar-refractivity contribution < 1.29 is 9.53 Å². The molecule has 1 aliphatic rings. The summed E-state index contributed by atoms with van der Waals surface area (Å²) >= 11 is 5.83. The van der Waals surface area contributed by atoms with Crippen LogP contribution in [0, 0.1) is 0 Å². The van der Waals surface area contributed by atoms with E-state index in [0.29, 0.717) is 17.3 Å². The van der Waals surface area contributed by atoms with Gasteiger partial charge in [0.15, 0.2) is 12.4 Å². The molecule has 0 unspecified atom stereocenters. The third-order valence-electron chi connectivity index (χ3n) is 4.17. The molecule has 1 amide bonds. The van der Waals surface area contributed by atoms with Gasteiger partial charge in [0, 0.05) is 25.0 Å². The lowest BCUT2D eigenvalue weighted by molar-refractivity contribution is -0.132. The SMILES string of the molecule is CN(Cc1nnc2n1CCCCC2)C(=O)COc1ccc(Cl)cc1. The van der Waals surface area contributed by atoms with E-state index >= 15 is 0 Å². The van der Waals surface area contributed by atoms with Crippen molar-refractivity contribution in [1.29, 1.82) is 0 Å². The van der Waals surface area contributed by atoms with E-state index in [1.165, 1.54) is 6.42 Å². The van der Waals surface area contributed by atoms with Crippen LogP contribution in [0.15, 0.2) is 24.3 Å². The number of nitrogens with zero attached hydrogens (tertiary/aromatic N) is 4. The molecule has 0 saturated heterocycles. The van der Waals surface area contributed by atoms with Crippen molar-refractivity contribution in [3.8, 4) is 5.75 Å². The lowest BCUT2D eigenvalue weighted by atomic mass is 10.2. The summed E-state index contributed by atoms with van der Waals surface area (Å²) in [6, 6.07) is 6.95. The van der Waals surface area contributed by atoms with E-state index in [9.17, 15) is 4.79 Å². The number of halogens is 1. The Morgan fingerprint density at radius 2 is 2.04 bits per heavy atom. The van der Waals surface area contributed by atoms with Gasteiger partial charge in [0.25, 0.3) is 5.91 Å². The molecule has 128 valence electrons. The first kappa shape index (κ1) is 16.8. The van der Waals surface area contributed by atoms with Crippen LogP contribution in [-0.4, -0.2) is 39.2 Å². The van der Waals surface area contributed by atoms with Crippen LogP contribution in [0.4, 0.5) is 0 Å². The van der Waals surface area contributed by atoms with Gasteiger partial charge in [0.2, 0.25) is 0 Å². The van der Waals surface area contributed by atoms with Crippen molar-refractivity contribution in [3.63, 3.8) is 0 Å². The predicted molar refractivity (Wildman–Crippen MR) is 91.0 cm³/mol. The Hall–Kier alpha value is -2.08. The van der Waals surface area contributed by atoms with Crippen LogP contribution >= 0.6 is 11.6 Å². The van der Waals surface area contributed by atoms with Gasteiger partial charge in [-0.25, -0.2) is 0 Å². The summed E-state index contributed by atoms with van der Waals surface area (Å²) in [6.45, 7) is 1.36. The van der Waals surface area contributed by atoms with Gasteiger partial charge in [-0.2, -0.15) is 0 Å². The summed E-state index contributed by atoms with van der Waals surface area (Å²) in [5, 5.41) is 9.15. The zero-order chi connectivity index (χ0) is 16.9. The summed E-state index contributed by atoms with van der Waals surface area (Å²) < 4.78 is 7.65. The molecular formula is C17H21ClN4O2. The second-order valence-corrected chi connectivity index (χ2v) is 6.42. The number of hydrogen-bond donors (Lipinski definition) is 0. The maximum atomic E-state index is 12.3. The van der Waals surface area contributed by atoms with Crippen molar-refractivity contribution in [1.82, 2.24) is 19.7 Å². The van der Waals surface area contributed by atoms with Crippen molar-refractivity contribution in [2.75, 3.05) is 13.7 Å². The van der Waals surface area contributed by atoms with E-state index in [-0.39, 0.29) is 12.5 Å². The first-order valence-electron chi connectivity index (χ1n) is 8.17. The monoisotopic (exact) mass is 348 g/mol. The van der Waals surface area contributed by atoms with Gasteiger partial charge < -0.3 is 14.2 Å². The average Bonchev–Trinajstić information content (AvgIpc) is 2.81. The molecule has 3 rings (SSSR count). The fraction of sp³-hybridized carbons (Fsp3) is 0.471. The number of likely N-dealkylation sites (N-methyl/N-ethyl adjacent to an activating group) is 1. The Kier molecular flexibility index (Phi) is 5.35. The number of amides is 1. The molecular weight excluding hydrogens is 328 g/mol. The zero-order valence-corrected chi connectivity index (χ0v) is 14.5. The molecule has 24 heavy (non-hydrogen) atoms. The normalized spacial score (nSPS) is 13.9. The quantitative estimate of drug-likeness (QED) is 0.833. The number of carbonyl (C=O) groups is 1. The van der Waals surface area contributed by atoms with Crippen LogP contribution in [0.3, 0.4) is 0 Å². The van der Waals surface area contributed by atoms with Crippen molar-refractivity contribution >= 4 is 17.5 Å². The van der Waals surface area contributed by atoms with Gasteiger partial charge in [0.1, 0.15) is 11.6 Å². The van der Waals surface area contributed by atoms with Gasteiger partial charge in [-0.05, 0) is 37.1 Å². The highest BCUT2D eigenvalue weighted by Crippen LogP contribution is 2.17. The Bertz CT molecular complexity index is 699. The van der Waals surface area contributed by atoms with Crippen LogP contribution in [-0.2, 0) is 24.3 Å². The number of rotatable bonds is 5. The first-order chi connectivity index (χ1) is 11.6. The Labute approximate surface area is 146 Å². The number of aryl methyl sites for hydroxylation is 1. The number of carbonyl (C=O) groups excluding carboxylic acids is 1. The van der Waals surface area contributed by atoms with Crippen LogP contribution in [0.25, 0.3) is 0 Å².